The Balaban J connectivity index is 1.25. The van der Waals surface area contributed by atoms with Crippen molar-refractivity contribution in [1.82, 2.24) is 8.87 Å². The van der Waals surface area contributed by atoms with Crippen LogP contribution in [-0.2, 0) is 27.1 Å². The molecule has 0 radical (unpaired) electrons. The summed E-state index contributed by atoms with van der Waals surface area (Å²) in [4.78, 5) is 13.0. The van der Waals surface area contributed by atoms with E-state index in [1.165, 1.54) is 34.1 Å². The number of amides is 1. The van der Waals surface area contributed by atoms with E-state index in [0.29, 0.717) is 31.5 Å². The number of nitrogens with zero attached hydrogens (tertiary/aromatic N) is 2. The molecule has 1 N–H and O–H groups in total. The van der Waals surface area contributed by atoms with Gasteiger partial charge < -0.3 is 9.88 Å². The fourth-order valence-electron chi connectivity index (χ4n) is 5.00. The van der Waals surface area contributed by atoms with Crippen LogP contribution < -0.4 is 5.32 Å². The Hall–Kier alpha value is -3.23. The molecule has 1 saturated heterocycles. The number of aryl methyl sites for hydroxylation is 1. The first-order valence-corrected chi connectivity index (χ1v) is 13.5. The molecule has 3 aromatic carbocycles. The van der Waals surface area contributed by atoms with Crippen molar-refractivity contribution < 1.29 is 17.6 Å². The highest BCUT2D eigenvalue weighted by Crippen LogP contribution is 2.31. The Kier molecular flexibility index (Phi) is 6.34. The van der Waals surface area contributed by atoms with E-state index >= 15 is 0 Å². The molecule has 1 aliphatic heterocycles. The minimum atomic E-state index is -3.53. The minimum Gasteiger partial charge on any atom is -0.341 e. The topological polar surface area (TPSA) is 71.4 Å². The summed E-state index contributed by atoms with van der Waals surface area (Å²) < 4.78 is 42.4. The molecule has 35 heavy (non-hydrogen) atoms. The summed E-state index contributed by atoms with van der Waals surface area (Å²) in [5.41, 5.74) is 3.59. The van der Waals surface area contributed by atoms with Crippen molar-refractivity contribution in [3.05, 3.63) is 78.1 Å². The molecule has 182 valence electrons. The van der Waals surface area contributed by atoms with Gasteiger partial charge in [-0.3, -0.25) is 4.79 Å². The third-order valence-corrected chi connectivity index (χ3v) is 8.69. The van der Waals surface area contributed by atoms with Gasteiger partial charge in [-0.2, -0.15) is 0 Å². The van der Waals surface area contributed by atoms with Crippen LogP contribution >= 0.6 is 0 Å². The van der Waals surface area contributed by atoms with Crippen molar-refractivity contribution in [3.63, 3.8) is 0 Å². The zero-order chi connectivity index (χ0) is 24.6. The number of piperidine rings is 1. The van der Waals surface area contributed by atoms with Crippen LogP contribution in [0.25, 0.3) is 21.8 Å². The molecule has 4 aromatic rings. The highest BCUT2D eigenvalue weighted by atomic mass is 32.2. The van der Waals surface area contributed by atoms with Crippen LogP contribution in [0.5, 0.6) is 0 Å². The number of hydrogen-bond donors (Lipinski definition) is 1. The molecule has 1 amide bonds. The van der Waals surface area contributed by atoms with E-state index in [2.05, 4.69) is 28.9 Å². The number of anilines is 1. The first-order chi connectivity index (χ1) is 16.9. The number of halogens is 1. The summed E-state index contributed by atoms with van der Waals surface area (Å²) in [6, 6.07) is 19.7. The SMILES string of the molecule is CCn1c2ccccc2c2cc(NC(=O)C3CCN(S(=O)(=O)Cc4ccc(F)cc4)CC3)ccc21. The standard InChI is InChI=1S/C27H28FN3O3S/c1-2-31-25-6-4-3-5-23(25)24-17-22(11-12-26(24)31)29-27(32)20-13-15-30(16-14-20)35(33,34)18-19-7-9-21(28)10-8-19/h3-12,17,20H,2,13-16,18H2,1H3,(H,29,32). The summed E-state index contributed by atoms with van der Waals surface area (Å²) in [5.74, 6) is -0.900. The number of nitrogens with one attached hydrogen (secondary N) is 1. The quantitative estimate of drug-likeness (QED) is 0.405. The van der Waals surface area contributed by atoms with Gasteiger partial charge in [0.1, 0.15) is 5.82 Å². The lowest BCUT2D eigenvalue weighted by Crippen LogP contribution is -2.41. The number of sulfonamides is 1. The first kappa shape index (κ1) is 23.5. The maximum Gasteiger partial charge on any atom is 0.227 e. The van der Waals surface area contributed by atoms with Crippen molar-refractivity contribution in [2.24, 2.45) is 5.92 Å². The summed E-state index contributed by atoms with van der Waals surface area (Å²) >= 11 is 0. The molecule has 0 unspecified atom stereocenters. The van der Waals surface area contributed by atoms with E-state index in [-0.39, 0.29) is 17.6 Å². The number of hydrogen-bond acceptors (Lipinski definition) is 3. The van der Waals surface area contributed by atoms with Gasteiger partial charge in [0.2, 0.25) is 15.9 Å². The van der Waals surface area contributed by atoms with Crippen molar-refractivity contribution in [2.45, 2.75) is 32.1 Å². The normalized spacial score (nSPS) is 15.6. The molecule has 0 bridgehead atoms. The molecular weight excluding hydrogens is 465 g/mol. The molecule has 1 fully saturated rings. The lowest BCUT2D eigenvalue weighted by atomic mass is 9.97. The number of carbonyl (C=O) groups excluding carboxylic acids is 1. The third kappa shape index (κ3) is 4.68. The van der Waals surface area contributed by atoms with Crippen molar-refractivity contribution in [1.29, 1.82) is 0 Å². The predicted octanol–water partition coefficient (Wildman–Crippen LogP) is 5.13. The van der Waals surface area contributed by atoms with Crippen LogP contribution in [0.2, 0.25) is 0 Å². The van der Waals surface area contributed by atoms with Crippen LogP contribution in [-0.4, -0.2) is 36.3 Å². The number of aromatic nitrogens is 1. The van der Waals surface area contributed by atoms with Crippen molar-refractivity contribution in [3.8, 4) is 0 Å². The highest BCUT2D eigenvalue weighted by Gasteiger charge is 2.31. The Bertz CT molecular complexity index is 1490. The fraction of sp³-hybridized carbons (Fsp3) is 0.296. The molecule has 0 saturated carbocycles. The second-order valence-corrected chi connectivity index (χ2v) is 11.0. The molecule has 1 aliphatic rings. The van der Waals surface area contributed by atoms with Gasteiger partial charge in [0.05, 0.1) is 5.75 Å². The van der Waals surface area contributed by atoms with Crippen LogP contribution in [0, 0.1) is 11.7 Å². The molecule has 6 nitrogen and oxygen atoms in total. The van der Waals surface area contributed by atoms with E-state index in [1.807, 2.05) is 30.3 Å². The second kappa shape index (κ2) is 9.43. The Labute approximate surface area is 204 Å². The summed E-state index contributed by atoms with van der Waals surface area (Å²) in [7, 11) is -3.53. The number of benzene rings is 3. The van der Waals surface area contributed by atoms with E-state index in [1.54, 1.807) is 0 Å². The molecule has 8 heteroatoms. The zero-order valence-electron chi connectivity index (χ0n) is 19.6. The second-order valence-electron chi connectivity index (χ2n) is 9.04. The van der Waals surface area contributed by atoms with Gasteiger partial charge in [0.25, 0.3) is 0 Å². The number of para-hydroxylation sites is 1. The van der Waals surface area contributed by atoms with Crippen LogP contribution in [0.1, 0.15) is 25.3 Å². The summed E-state index contributed by atoms with van der Waals surface area (Å²) in [5, 5.41) is 5.29. The molecule has 2 heterocycles. The first-order valence-electron chi connectivity index (χ1n) is 11.9. The van der Waals surface area contributed by atoms with E-state index in [9.17, 15) is 17.6 Å². The average molecular weight is 494 g/mol. The Morgan fingerprint density at radius 1 is 0.971 bits per heavy atom. The van der Waals surface area contributed by atoms with Gasteiger partial charge in [0.15, 0.2) is 0 Å². The van der Waals surface area contributed by atoms with Gasteiger partial charge in [-0.25, -0.2) is 17.1 Å². The van der Waals surface area contributed by atoms with Gasteiger partial charge in [-0.15, -0.1) is 0 Å². The number of carbonyl (C=O) groups is 1. The number of fused-ring (bicyclic) bond motifs is 3. The maximum absolute atomic E-state index is 13.1. The molecule has 0 spiro atoms. The monoisotopic (exact) mass is 493 g/mol. The van der Waals surface area contributed by atoms with E-state index in [4.69, 9.17) is 0 Å². The lowest BCUT2D eigenvalue weighted by molar-refractivity contribution is -0.120. The zero-order valence-corrected chi connectivity index (χ0v) is 20.4. The van der Waals surface area contributed by atoms with Crippen LogP contribution in [0.15, 0.2) is 66.7 Å². The maximum atomic E-state index is 13.1. The molecule has 0 aliphatic carbocycles. The van der Waals surface area contributed by atoms with Crippen LogP contribution in [0.4, 0.5) is 10.1 Å². The summed E-state index contributed by atoms with van der Waals surface area (Å²) in [6.45, 7) is 3.57. The highest BCUT2D eigenvalue weighted by molar-refractivity contribution is 7.88. The molecule has 5 rings (SSSR count). The number of rotatable bonds is 6. The van der Waals surface area contributed by atoms with E-state index in [0.717, 1.165) is 28.5 Å². The van der Waals surface area contributed by atoms with E-state index < -0.39 is 15.8 Å². The smallest absolute Gasteiger partial charge is 0.227 e. The third-order valence-electron chi connectivity index (χ3n) is 6.84. The van der Waals surface area contributed by atoms with Gasteiger partial charge >= 0.3 is 0 Å². The van der Waals surface area contributed by atoms with Crippen LogP contribution in [0.3, 0.4) is 0 Å². The predicted molar refractivity (Wildman–Crippen MR) is 137 cm³/mol. The Morgan fingerprint density at radius 2 is 1.66 bits per heavy atom. The lowest BCUT2D eigenvalue weighted by Gasteiger charge is -2.30. The minimum absolute atomic E-state index is 0.0841. The van der Waals surface area contributed by atoms with Gasteiger partial charge in [0, 0.05) is 53.0 Å². The van der Waals surface area contributed by atoms with Crippen molar-refractivity contribution >= 4 is 43.4 Å². The Morgan fingerprint density at radius 3 is 2.37 bits per heavy atom. The fourth-order valence-corrected chi connectivity index (χ4v) is 6.56. The van der Waals surface area contributed by atoms with Gasteiger partial charge in [-0.05, 0) is 61.7 Å². The molecule has 1 aromatic heterocycles. The van der Waals surface area contributed by atoms with Crippen molar-refractivity contribution in [2.75, 3.05) is 18.4 Å². The van der Waals surface area contributed by atoms with Gasteiger partial charge in [-0.1, -0.05) is 30.3 Å². The largest absolute Gasteiger partial charge is 0.341 e. The average Bonchev–Trinajstić information content (AvgIpc) is 3.18. The molecule has 0 atom stereocenters. The molecular formula is C27H28FN3O3S. The summed E-state index contributed by atoms with van der Waals surface area (Å²) in [6.07, 6.45) is 0.928.